The van der Waals surface area contributed by atoms with Crippen LogP contribution in [0.2, 0.25) is 0 Å². The van der Waals surface area contributed by atoms with Crippen molar-refractivity contribution in [3.05, 3.63) is 64.1 Å². The standard InChI is InChI=1S/C20H24N2O4/c1-20(25,15-6-8-16(26-3)9-7-15)17-5-4-11-22(17)19(24)14-10-12-21(2)18(23)13-14/h6-10,12-13,17,25H,4-5,11H2,1-3H3/t17-,20+/m0/s1. The Morgan fingerprint density at radius 3 is 2.58 bits per heavy atom. The largest absolute Gasteiger partial charge is 0.497 e. The van der Waals surface area contributed by atoms with Gasteiger partial charge in [-0.15, -0.1) is 0 Å². The number of carbonyl (C=O) groups excluding carboxylic acids is 1. The maximum atomic E-state index is 12.9. The summed E-state index contributed by atoms with van der Waals surface area (Å²) in [6.45, 7) is 2.29. The molecule has 26 heavy (non-hydrogen) atoms. The van der Waals surface area contributed by atoms with E-state index in [1.54, 1.807) is 50.4 Å². The Hall–Kier alpha value is -2.60. The van der Waals surface area contributed by atoms with E-state index in [-0.39, 0.29) is 17.5 Å². The molecule has 3 rings (SSSR count). The summed E-state index contributed by atoms with van der Waals surface area (Å²) >= 11 is 0. The Morgan fingerprint density at radius 1 is 1.27 bits per heavy atom. The molecule has 0 radical (unpaired) electrons. The van der Waals surface area contributed by atoms with E-state index in [0.717, 1.165) is 12.0 Å². The van der Waals surface area contributed by atoms with Gasteiger partial charge in [0.25, 0.3) is 11.5 Å². The van der Waals surface area contributed by atoms with Gasteiger partial charge in [0.15, 0.2) is 0 Å². The fraction of sp³-hybridized carbons (Fsp3) is 0.400. The van der Waals surface area contributed by atoms with Crippen LogP contribution in [0.15, 0.2) is 47.4 Å². The minimum atomic E-state index is -1.20. The van der Waals surface area contributed by atoms with Crippen LogP contribution in [-0.4, -0.2) is 40.2 Å². The SMILES string of the molecule is COc1ccc([C@@](C)(O)[C@@H]2CCCN2C(=O)c2ccn(C)c(=O)c2)cc1. The number of rotatable bonds is 4. The molecule has 1 aromatic heterocycles. The molecule has 6 heteroatoms. The monoisotopic (exact) mass is 356 g/mol. The maximum Gasteiger partial charge on any atom is 0.254 e. The predicted molar refractivity (Wildman–Crippen MR) is 98.3 cm³/mol. The lowest BCUT2D eigenvalue weighted by Gasteiger charge is -2.37. The van der Waals surface area contributed by atoms with Crippen molar-refractivity contribution >= 4 is 5.91 Å². The predicted octanol–water partition coefficient (Wildman–Crippen LogP) is 1.91. The fourth-order valence-electron chi connectivity index (χ4n) is 3.56. The Labute approximate surface area is 152 Å². The van der Waals surface area contributed by atoms with E-state index in [9.17, 15) is 14.7 Å². The van der Waals surface area contributed by atoms with Gasteiger partial charge in [0.2, 0.25) is 0 Å². The molecule has 2 heterocycles. The number of ether oxygens (including phenoxy) is 1. The molecule has 0 saturated carbocycles. The minimum Gasteiger partial charge on any atom is -0.497 e. The molecule has 138 valence electrons. The van der Waals surface area contributed by atoms with E-state index in [2.05, 4.69) is 0 Å². The average molecular weight is 356 g/mol. The lowest BCUT2D eigenvalue weighted by molar-refractivity contribution is -0.0177. The smallest absolute Gasteiger partial charge is 0.254 e. The first kappa shape index (κ1) is 18.2. The number of hydrogen-bond donors (Lipinski definition) is 1. The van der Waals surface area contributed by atoms with E-state index >= 15 is 0 Å². The summed E-state index contributed by atoms with van der Waals surface area (Å²) < 4.78 is 6.59. The third-order valence-electron chi connectivity index (χ3n) is 5.19. The molecule has 6 nitrogen and oxygen atoms in total. The molecule has 0 bridgehead atoms. The van der Waals surface area contributed by atoms with Crippen LogP contribution >= 0.6 is 0 Å². The van der Waals surface area contributed by atoms with Gasteiger partial charge < -0.3 is 19.3 Å². The number of methoxy groups -OCH3 is 1. The van der Waals surface area contributed by atoms with Gasteiger partial charge in [-0.2, -0.15) is 0 Å². The van der Waals surface area contributed by atoms with Crippen LogP contribution in [0.3, 0.4) is 0 Å². The number of aromatic nitrogens is 1. The molecule has 1 amide bonds. The molecule has 1 fully saturated rings. The van der Waals surface area contributed by atoms with Crippen LogP contribution in [0.25, 0.3) is 0 Å². The third kappa shape index (κ3) is 3.24. The van der Waals surface area contributed by atoms with Gasteiger partial charge in [-0.05, 0) is 43.5 Å². The van der Waals surface area contributed by atoms with Gasteiger partial charge in [-0.25, -0.2) is 0 Å². The number of aliphatic hydroxyl groups is 1. The van der Waals surface area contributed by atoms with Crippen molar-refractivity contribution in [2.45, 2.75) is 31.4 Å². The van der Waals surface area contributed by atoms with Gasteiger partial charge in [-0.1, -0.05) is 12.1 Å². The Balaban J connectivity index is 1.89. The first-order valence-electron chi connectivity index (χ1n) is 8.69. The topological polar surface area (TPSA) is 71.8 Å². The normalized spacial score (nSPS) is 19.2. The zero-order valence-corrected chi connectivity index (χ0v) is 15.3. The quantitative estimate of drug-likeness (QED) is 0.908. The van der Waals surface area contributed by atoms with Gasteiger partial charge in [0.05, 0.1) is 13.2 Å². The Kier molecular flexibility index (Phi) is 4.87. The Bertz CT molecular complexity index is 855. The van der Waals surface area contributed by atoms with Gasteiger partial charge in [0, 0.05) is 31.4 Å². The summed E-state index contributed by atoms with van der Waals surface area (Å²) in [7, 11) is 3.23. The van der Waals surface area contributed by atoms with Crippen LogP contribution in [0.5, 0.6) is 5.75 Å². The molecule has 2 aromatic rings. The number of amides is 1. The van der Waals surface area contributed by atoms with Crippen LogP contribution in [0, 0.1) is 0 Å². The molecule has 0 unspecified atom stereocenters. The van der Waals surface area contributed by atoms with E-state index in [0.29, 0.717) is 24.3 Å². The first-order chi connectivity index (χ1) is 12.3. The second-order valence-electron chi connectivity index (χ2n) is 6.90. The number of carbonyl (C=O) groups is 1. The number of pyridine rings is 1. The molecule has 0 spiro atoms. The second kappa shape index (κ2) is 6.96. The lowest BCUT2D eigenvalue weighted by atomic mass is 9.86. The van der Waals surface area contributed by atoms with Gasteiger partial charge in [0.1, 0.15) is 11.4 Å². The van der Waals surface area contributed by atoms with Crippen molar-refractivity contribution in [1.82, 2.24) is 9.47 Å². The van der Waals surface area contributed by atoms with E-state index < -0.39 is 5.60 Å². The van der Waals surface area contributed by atoms with Crippen LogP contribution < -0.4 is 10.3 Å². The van der Waals surface area contributed by atoms with E-state index in [1.165, 1.54) is 10.6 Å². The summed E-state index contributed by atoms with van der Waals surface area (Å²) in [6, 6.07) is 9.86. The summed E-state index contributed by atoms with van der Waals surface area (Å²) in [6.07, 6.45) is 3.10. The van der Waals surface area contributed by atoms with Crippen molar-refractivity contribution in [3.8, 4) is 5.75 Å². The number of nitrogens with zero attached hydrogens (tertiary/aromatic N) is 2. The maximum absolute atomic E-state index is 12.9. The minimum absolute atomic E-state index is 0.223. The second-order valence-corrected chi connectivity index (χ2v) is 6.90. The average Bonchev–Trinajstić information content (AvgIpc) is 3.14. The highest BCUT2D eigenvalue weighted by Crippen LogP contribution is 2.36. The van der Waals surface area contributed by atoms with Crippen molar-refractivity contribution < 1.29 is 14.6 Å². The molecular formula is C20H24N2O4. The molecule has 1 aliphatic heterocycles. The van der Waals surface area contributed by atoms with E-state index in [1.807, 2.05) is 12.1 Å². The molecule has 2 atom stereocenters. The van der Waals surface area contributed by atoms with Crippen LogP contribution in [0.1, 0.15) is 35.7 Å². The molecule has 1 aromatic carbocycles. The molecule has 1 saturated heterocycles. The number of benzene rings is 1. The van der Waals surface area contributed by atoms with E-state index in [4.69, 9.17) is 4.74 Å². The summed E-state index contributed by atoms with van der Waals surface area (Å²) in [5.41, 5.74) is -0.343. The highest BCUT2D eigenvalue weighted by atomic mass is 16.5. The highest BCUT2D eigenvalue weighted by Gasteiger charge is 2.42. The first-order valence-corrected chi connectivity index (χ1v) is 8.69. The fourth-order valence-corrected chi connectivity index (χ4v) is 3.56. The molecule has 1 aliphatic rings. The van der Waals surface area contributed by atoms with Crippen molar-refractivity contribution in [2.75, 3.05) is 13.7 Å². The highest BCUT2D eigenvalue weighted by molar-refractivity contribution is 5.94. The van der Waals surface area contributed by atoms with Crippen molar-refractivity contribution in [3.63, 3.8) is 0 Å². The lowest BCUT2D eigenvalue weighted by Crippen LogP contribution is -2.48. The molecule has 0 aliphatic carbocycles. The zero-order chi connectivity index (χ0) is 18.9. The molecular weight excluding hydrogens is 332 g/mol. The van der Waals surface area contributed by atoms with Crippen LogP contribution in [-0.2, 0) is 12.6 Å². The number of likely N-dealkylation sites (tertiary alicyclic amines) is 1. The number of hydrogen-bond acceptors (Lipinski definition) is 4. The van der Waals surface area contributed by atoms with Gasteiger partial charge in [-0.3, -0.25) is 9.59 Å². The number of aryl methyl sites for hydroxylation is 1. The summed E-state index contributed by atoms with van der Waals surface area (Å²) in [5, 5.41) is 11.2. The Morgan fingerprint density at radius 2 is 1.96 bits per heavy atom. The third-order valence-corrected chi connectivity index (χ3v) is 5.19. The van der Waals surface area contributed by atoms with Crippen molar-refractivity contribution in [2.24, 2.45) is 7.05 Å². The zero-order valence-electron chi connectivity index (χ0n) is 15.3. The molecule has 1 N–H and O–H groups in total. The van der Waals surface area contributed by atoms with Crippen molar-refractivity contribution in [1.29, 1.82) is 0 Å². The van der Waals surface area contributed by atoms with Gasteiger partial charge >= 0.3 is 0 Å². The summed E-state index contributed by atoms with van der Waals surface area (Å²) in [4.78, 5) is 26.5. The summed E-state index contributed by atoms with van der Waals surface area (Å²) in [5.74, 6) is 0.489. The van der Waals surface area contributed by atoms with Crippen LogP contribution in [0.4, 0.5) is 0 Å².